The molecule has 2 heteroatoms. The second-order valence-corrected chi connectivity index (χ2v) is 5.90. The summed E-state index contributed by atoms with van der Waals surface area (Å²) in [6.07, 6.45) is 8.42. The first kappa shape index (κ1) is 12.4. The van der Waals surface area contributed by atoms with E-state index in [9.17, 15) is 0 Å². The third-order valence-corrected chi connectivity index (χ3v) is 4.99. The van der Waals surface area contributed by atoms with E-state index < -0.39 is 0 Å². The molecule has 1 saturated heterocycles. The van der Waals surface area contributed by atoms with Crippen molar-refractivity contribution < 1.29 is 0 Å². The maximum absolute atomic E-state index is 6.17. The first-order valence-corrected chi connectivity index (χ1v) is 7.22. The fourth-order valence-corrected chi connectivity index (χ4v) is 3.61. The lowest BCUT2D eigenvalue weighted by Crippen LogP contribution is -2.51. The van der Waals surface area contributed by atoms with Crippen molar-refractivity contribution in [3.05, 3.63) is 0 Å². The summed E-state index contributed by atoms with van der Waals surface area (Å²) in [5.41, 5.74) is 6.17. The van der Waals surface area contributed by atoms with Gasteiger partial charge in [0.15, 0.2) is 0 Å². The van der Waals surface area contributed by atoms with Crippen LogP contribution >= 0.6 is 0 Å². The van der Waals surface area contributed by atoms with Crippen LogP contribution in [0.15, 0.2) is 0 Å². The van der Waals surface area contributed by atoms with Gasteiger partial charge < -0.3 is 5.73 Å². The summed E-state index contributed by atoms with van der Waals surface area (Å²) >= 11 is 0. The second-order valence-electron chi connectivity index (χ2n) is 5.90. The summed E-state index contributed by atoms with van der Waals surface area (Å²) in [7, 11) is 0. The number of nitrogens with two attached hydrogens (primary N) is 1. The Hall–Kier alpha value is -0.0800. The molecule has 4 unspecified atom stereocenters. The van der Waals surface area contributed by atoms with Crippen LogP contribution < -0.4 is 5.73 Å². The summed E-state index contributed by atoms with van der Waals surface area (Å²) in [6.45, 7) is 7.13. The molecule has 0 aromatic carbocycles. The topological polar surface area (TPSA) is 29.3 Å². The fraction of sp³-hybridized carbons (Fsp3) is 1.00. The number of hydrogen-bond donors (Lipinski definition) is 1. The van der Waals surface area contributed by atoms with E-state index in [1.54, 1.807) is 0 Å². The lowest BCUT2D eigenvalue weighted by Gasteiger charge is -2.44. The van der Waals surface area contributed by atoms with Gasteiger partial charge in [-0.15, -0.1) is 0 Å². The molecule has 2 nitrogen and oxygen atoms in total. The third kappa shape index (κ3) is 2.60. The summed E-state index contributed by atoms with van der Waals surface area (Å²) in [5, 5.41) is 0. The van der Waals surface area contributed by atoms with E-state index in [1.165, 1.54) is 45.2 Å². The van der Waals surface area contributed by atoms with Gasteiger partial charge in [0.05, 0.1) is 0 Å². The molecule has 94 valence electrons. The Morgan fingerprint density at radius 1 is 1.19 bits per heavy atom. The predicted octanol–water partition coefficient (Wildman–Crippen LogP) is 2.62. The Morgan fingerprint density at radius 2 is 1.88 bits per heavy atom. The Bertz CT molecular complexity index is 217. The van der Waals surface area contributed by atoms with Crippen LogP contribution in [0.25, 0.3) is 0 Å². The van der Waals surface area contributed by atoms with E-state index >= 15 is 0 Å². The zero-order valence-corrected chi connectivity index (χ0v) is 11.0. The Kier molecular flexibility index (Phi) is 4.26. The number of rotatable bonds is 3. The van der Waals surface area contributed by atoms with Gasteiger partial charge >= 0.3 is 0 Å². The van der Waals surface area contributed by atoms with Crippen molar-refractivity contribution in [1.82, 2.24) is 4.90 Å². The fourth-order valence-electron chi connectivity index (χ4n) is 3.61. The second kappa shape index (κ2) is 5.50. The number of hydrogen-bond acceptors (Lipinski definition) is 2. The molecule has 4 atom stereocenters. The van der Waals surface area contributed by atoms with Gasteiger partial charge in [-0.25, -0.2) is 0 Å². The lowest BCUT2D eigenvalue weighted by molar-refractivity contribution is 0.0536. The van der Waals surface area contributed by atoms with Crippen molar-refractivity contribution in [1.29, 1.82) is 0 Å². The number of piperidine rings is 1. The minimum atomic E-state index is 0.361. The van der Waals surface area contributed by atoms with E-state index in [1.807, 2.05) is 0 Å². The quantitative estimate of drug-likeness (QED) is 0.798. The summed E-state index contributed by atoms with van der Waals surface area (Å²) in [4.78, 5) is 2.65. The first-order valence-electron chi connectivity index (χ1n) is 7.22. The maximum atomic E-state index is 6.17. The molecular formula is C14H28N2. The summed E-state index contributed by atoms with van der Waals surface area (Å²) < 4.78 is 0. The average Bonchev–Trinajstić information content (AvgIpc) is 2.36. The van der Waals surface area contributed by atoms with Crippen LogP contribution in [0.3, 0.4) is 0 Å². The standard InChI is InChI=1S/C14H28N2/c1-3-14(15)11(2)16-9-8-12-6-4-5-7-13(12)10-16/h11-14H,3-10,15H2,1-2H3. The highest BCUT2D eigenvalue weighted by Crippen LogP contribution is 2.36. The highest BCUT2D eigenvalue weighted by Gasteiger charge is 2.33. The van der Waals surface area contributed by atoms with E-state index in [2.05, 4.69) is 18.7 Å². The molecule has 2 fully saturated rings. The molecule has 1 aliphatic heterocycles. The van der Waals surface area contributed by atoms with E-state index in [0.29, 0.717) is 12.1 Å². The molecular weight excluding hydrogens is 196 g/mol. The van der Waals surface area contributed by atoms with Gasteiger partial charge in [0.1, 0.15) is 0 Å². The van der Waals surface area contributed by atoms with Crippen LogP contribution in [-0.2, 0) is 0 Å². The van der Waals surface area contributed by atoms with Gasteiger partial charge in [0.2, 0.25) is 0 Å². The van der Waals surface area contributed by atoms with Gasteiger partial charge in [0, 0.05) is 18.6 Å². The van der Waals surface area contributed by atoms with Crippen molar-refractivity contribution >= 4 is 0 Å². The van der Waals surface area contributed by atoms with Crippen LogP contribution in [0.4, 0.5) is 0 Å². The van der Waals surface area contributed by atoms with E-state index in [4.69, 9.17) is 5.73 Å². The van der Waals surface area contributed by atoms with E-state index in [-0.39, 0.29) is 0 Å². The van der Waals surface area contributed by atoms with Crippen LogP contribution in [0.1, 0.15) is 52.4 Å². The Morgan fingerprint density at radius 3 is 2.56 bits per heavy atom. The van der Waals surface area contributed by atoms with Gasteiger partial charge in [0.25, 0.3) is 0 Å². The SMILES string of the molecule is CCC(N)C(C)N1CCC2CCCCC2C1. The van der Waals surface area contributed by atoms with Crippen molar-refractivity contribution in [2.75, 3.05) is 13.1 Å². The molecule has 0 aromatic rings. The normalized spacial score (nSPS) is 35.4. The minimum absolute atomic E-state index is 0.361. The van der Waals surface area contributed by atoms with E-state index in [0.717, 1.165) is 18.3 Å². The molecule has 1 aliphatic carbocycles. The number of nitrogens with zero attached hydrogens (tertiary/aromatic N) is 1. The zero-order chi connectivity index (χ0) is 11.5. The smallest absolute Gasteiger partial charge is 0.0218 e. The van der Waals surface area contributed by atoms with Gasteiger partial charge in [-0.1, -0.05) is 26.2 Å². The van der Waals surface area contributed by atoms with Crippen molar-refractivity contribution in [3.63, 3.8) is 0 Å². The molecule has 0 aromatic heterocycles. The first-order chi connectivity index (χ1) is 7.72. The van der Waals surface area contributed by atoms with Crippen molar-refractivity contribution in [2.45, 2.75) is 64.5 Å². The molecule has 1 saturated carbocycles. The average molecular weight is 224 g/mol. The lowest BCUT2D eigenvalue weighted by atomic mass is 9.74. The molecule has 0 radical (unpaired) electrons. The van der Waals surface area contributed by atoms with Gasteiger partial charge in [-0.2, -0.15) is 0 Å². The van der Waals surface area contributed by atoms with Gasteiger partial charge in [-0.3, -0.25) is 4.90 Å². The molecule has 0 amide bonds. The zero-order valence-electron chi connectivity index (χ0n) is 11.0. The van der Waals surface area contributed by atoms with Crippen LogP contribution in [-0.4, -0.2) is 30.1 Å². The van der Waals surface area contributed by atoms with Gasteiger partial charge in [-0.05, 0) is 44.6 Å². The maximum Gasteiger partial charge on any atom is 0.0218 e. The number of likely N-dealkylation sites (tertiary alicyclic amines) is 1. The molecule has 2 N–H and O–H groups in total. The highest BCUT2D eigenvalue weighted by molar-refractivity contribution is 4.87. The Labute approximate surface area is 101 Å². The molecule has 0 spiro atoms. The predicted molar refractivity (Wildman–Crippen MR) is 69.4 cm³/mol. The summed E-state index contributed by atoms with van der Waals surface area (Å²) in [5.74, 6) is 2.02. The minimum Gasteiger partial charge on any atom is -0.326 e. The monoisotopic (exact) mass is 224 g/mol. The summed E-state index contributed by atoms with van der Waals surface area (Å²) in [6, 6.07) is 0.938. The molecule has 0 bridgehead atoms. The Balaban J connectivity index is 1.89. The highest BCUT2D eigenvalue weighted by atomic mass is 15.2. The van der Waals surface area contributed by atoms with Crippen molar-refractivity contribution in [3.8, 4) is 0 Å². The van der Waals surface area contributed by atoms with Crippen LogP contribution in [0.2, 0.25) is 0 Å². The molecule has 2 rings (SSSR count). The number of fused-ring (bicyclic) bond motifs is 1. The molecule has 2 aliphatic rings. The van der Waals surface area contributed by atoms with Crippen LogP contribution in [0.5, 0.6) is 0 Å². The van der Waals surface area contributed by atoms with Crippen molar-refractivity contribution in [2.24, 2.45) is 17.6 Å². The third-order valence-electron chi connectivity index (χ3n) is 4.99. The largest absolute Gasteiger partial charge is 0.326 e. The van der Waals surface area contributed by atoms with Crippen LogP contribution in [0, 0.1) is 11.8 Å². The molecule has 16 heavy (non-hydrogen) atoms. The molecule has 1 heterocycles.